The van der Waals surface area contributed by atoms with Crippen LogP contribution in [0.3, 0.4) is 0 Å². The molecule has 3 atom stereocenters. The van der Waals surface area contributed by atoms with Gasteiger partial charge < -0.3 is 20.3 Å². The highest BCUT2D eigenvalue weighted by Gasteiger charge is 2.28. The molecule has 1 aromatic rings. The van der Waals surface area contributed by atoms with Crippen molar-refractivity contribution >= 4 is 23.2 Å². The summed E-state index contributed by atoms with van der Waals surface area (Å²) >= 11 is 1.41. The molecule has 150 valence electrons. The van der Waals surface area contributed by atoms with Crippen LogP contribution in [0.5, 0.6) is 0 Å². The van der Waals surface area contributed by atoms with Gasteiger partial charge in [0.1, 0.15) is 16.0 Å². The molecule has 3 unspecified atom stereocenters. The molecule has 2 aliphatic rings. The standard InChI is InChI=1S/C19H30N4O3S/c1-3-26-13(2)18-22-11-16(27-18)19(25)23-9-5-6-14(12-23)10-21-17(24)15-7-4-8-20-15/h11,13-15,20H,3-10,12H2,1-2H3,(H,21,24). The fraction of sp³-hybridized carbons (Fsp3) is 0.737. The predicted octanol–water partition coefficient (Wildman–Crippen LogP) is 1.96. The molecule has 27 heavy (non-hydrogen) atoms. The zero-order valence-electron chi connectivity index (χ0n) is 16.2. The summed E-state index contributed by atoms with van der Waals surface area (Å²) in [6, 6.07) is -0.0470. The van der Waals surface area contributed by atoms with Crippen molar-refractivity contribution in [3.05, 3.63) is 16.1 Å². The summed E-state index contributed by atoms with van der Waals surface area (Å²) in [5.41, 5.74) is 0. The minimum absolute atomic E-state index is 0.0379. The van der Waals surface area contributed by atoms with Crippen LogP contribution >= 0.6 is 11.3 Å². The first-order valence-electron chi connectivity index (χ1n) is 9.96. The molecule has 0 bridgehead atoms. The molecular formula is C19H30N4O3S. The lowest BCUT2D eigenvalue weighted by molar-refractivity contribution is -0.123. The van der Waals surface area contributed by atoms with Gasteiger partial charge in [0.2, 0.25) is 5.91 Å². The lowest BCUT2D eigenvalue weighted by Crippen LogP contribution is -2.46. The van der Waals surface area contributed by atoms with Crippen LogP contribution in [0.2, 0.25) is 0 Å². The first-order chi connectivity index (χ1) is 13.1. The van der Waals surface area contributed by atoms with Crippen LogP contribution in [0.4, 0.5) is 0 Å². The number of carbonyl (C=O) groups excluding carboxylic acids is 2. The summed E-state index contributed by atoms with van der Waals surface area (Å²) in [7, 11) is 0. The van der Waals surface area contributed by atoms with Crippen molar-refractivity contribution in [3.8, 4) is 0 Å². The van der Waals surface area contributed by atoms with Crippen LogP contribution in [-0.2, 0) is 9.53 Å². The molecule has 3 heterocycles. The van der Waals surface area contributed by atoms with Crippen molar-refractivity contribution in [2.45, 2.75) is 51.7 Å². The van der Waals surface area contributed by atoms with E-state index in [1.807, 2.05) is 18.7 Å². The Balaban J connectivity index is 1.51. The summed E-state index contributed by atoms with van der Waals surface area (Å²) in [5, 5.41) is 7.12. The summed E-state index contributed by atoms with van der Waals surface area (Å²) in [6.07, 6.45) is 5.55. The largest absolute Gasteiger partial charge is 0.372 e. The average molecular weight is 395 g/mol. The average Bonchev–Trinajstić information content (AvgIpc) is 3.38. The Morgan fingerprint density at radius 1 is 1.44 bits per heavy atom. The number of thiazole rings is 1. The van der Waals surface area contributed by atoms with Crippen LogP contribution in [0.25, 0.3) is 0 Å². The van der Waals surface area contributed by atoms with E-state index in [2.05, 4.69) is 15.6 Å². The van der Waals surface area contributed by atoms with E-state index in [9.17, 15) is 9.59 Å². The van der Waals surface area contributed by atoms with E-state index in [0.717, 1.165) is 43.8 Å². The number of hydrogen-bond donors (Lipinski definition) is 2. The number of piperidine rings is 1. The molecule has 0 saturated carbocycles. The Labute approximate surface area is 164 Å². The maximum Gasteiger partial charge on any atom is 0.265 e. The summed E-state index contributed by atoms with van der Waals surface area (Å²) in [6.45, 7) is 7.53. The van der Waals surface area contributed by atoms with E-state index in [1.54, 1.807) is 6.20 Å². The lowest BCUT2D eigenvalue weighted by atomic mass is 9.97. The first kappa shape index (κ1) is 20.2. The Bertz CT molecular complexity index is 645. The minimum atomic E-state index is -0.0879. The molecule has 2 fully saturated rings. The maximum absolute atomic E-state index is 12.8. The highest BCUT2D eigenvalue weighted by Crippen LogP contribution is 2.25. The van der Waals surface area contributed by atoms with Gasteiger partial charge in [0, 0.05) is 26.2 Å². The highest BCUT2D eigenvalue weighted by molar-refractivity contribution is 7.13. The number of nitrogens with zero attached hydrogens (tertiary/aromatic N) is 2. The van der Waals surface area contributed by atoms with Gasteiger partial charge in [-0.05, 0) is 52.0 Å². The number of ether oxygens (including phenoxy) is 1. The van der Waals surface area contributed by atoms with Gasteiger partial charge in [-0.25, -0.2) is 4.98 Å². The van der Waals surface area contributed by atoms with Gasteiger partial charge in [-0.2, -0.15) is 0 Å². The molecule has 0 aliphatic carbocycles. The summed E-state index contributed by atoms with van der Waals surface area (Å²) in [4.78, 5) is 31.9. The van der Waals surface area contributed by atoms with Crippen LogP contribution in [0.15, 0.2) is 6.20 Å². The topological polar surface area (TPSA) is 83.6 Å². The van der Waals surface area contributed by atoms with E-state index >= 15 is 0 Å². The van der Waals surface area contributed by atoms with Gasteiger partial charge in [-0.3, -0.25) is 9.59 Å². The van der Waals surface area contributed by atoms with Gasteiger partial charge in [0.05, 0.1) is 12.2 Å². The van der Waals surface area contributed by atoms with E-state index in [1.165, 1.54) is 11.3 Å². The first-order valence-corrected chi connectivity index (χ1v) is 10.8. The molecule has 2 amide bonds. The van der Waals surface area contributed by atoms with Crippen LogP contribution in [-0.4, -0.2) is 60.5 Å². The highest BCUT2D eigenvalue weighted by atomic mass is 32.1. The van der Waals surface area contributed by atoms with Crippen LogP contribution < -0.4 is 10.6 Å². The number of nitrogens with one attached hydrogen (secondary N) is 2. The van der Waals surface area contributed by atoms with Crippen molar-refractivity contribution in [2.75, 3.05) is 32.8 Å². The number of carbonyl (C=O) groups is 2. The van der Waals surface area contributed by atoms with E-state index in [4.69, 9.17) is 4.74 Å². The van der Waals surface area contributed by atoms with Gasteiger partial charge in [0.15, 0.2) is 0 Å². The molecule has 0 spiro atoms. The number of rotatable bonds is 7. The normalized spacial score (nSPS) is 24.0. The van der Waals surface area contributed by atoms with Crippen LogP contribution in [0.1, 0.15) is 60.3 Å². The van der Waals surface area contributed by atoms with Gasteiger partial charge >= 0.3 is 0 Å². The van der Waals surface area contributed by atoms with Crippen molar-refractivity contribution in [3.63, 3.8) is 0 Å². The van der Waals surface area contributed by atoms with Crippen LogP contribution in [0, 0.1) is 5.92 Å². The Morgan fingerprint density at radius 2 is 2.30 bits per heavy atom. The fourth-order valence-electron chi connectivity index (χ4n) is 3.74. The molecule has 0 radical (unpaired) electrons. The van der Waals surface area contributed by atoms with E-state index in [-0.39, 0.29) is 24.0 Å². The predicted molar refractivity (Wildman–Crippen MR) is 105 cm³/mol. The molecule has 3 rings (SSSR count). The third kappa shape index (κ3) is 5.27. The van der Waals surface area contributed by atoms with Crippen molar-refractivity contribution < 1.29 is 14.3 Å². The zero-order chi connectivity index (χ0) is 19.2. The van der Waals surface area contributed by atoms with Crippen molar-refractivity contribution in [1.82, 2.24) is 20.5 Å². The molecule has 8 heteroatoms. The molecule has 1 aromatic heterocycles. The van der Waals surface area contributed by atoms with E-state index < -0.39 is 0 Å². The van der Waals surface area contributed by atoms with Crippen molar-refractivity contribution in [2.24, 2.45) is 5.92 Å². The van der Waals surface area contributed by atoms with Crippen molar-refractivity contribution in [1.29, 1.82) is 0 Å². The Hall–Kier alpha value is -1.51. The molecule has 7 nitrogen and oxygen atoms in total. The van der Waals surface area contributed by atoms with Gasteiger partial charge in [-0.15, -0.1) is 11.3 Å². The fourth-order valence-corrected chi connectivity index (χ4v) is 4.63. The number of hydrogen-bond acceptors (Lipinski definition) is 6. The molecule has 2 aliphatic heterocycles. The zero-order valence-corrected chi connectivity index (χ0v) is 17.0. The smallest absolute Gasteiger partial charge is 0.265 e. The third-order valence-corrected chi connectivity index (χ3v) is 6.39. The molecule has 2 saturated heterocycles. The second-order valence-electron chi connectivity index (χ2n) is 7.31. The number of aromatic nitrogens is 1. The summed E-state index contributed by atoms with van der Waals surface area (Å²) in [5.74, 6) is 0.437. The Kier molecular flexibility index (Phi) is 7.20. The second-order valence-corrected chi connectivity index (χ2v) is 8.38. The second kappa shape index (κ2) is 9.61. The molecule has 2 N–H and O–H groups in total. The number of likely N-dealkylation sites (tertiary alicyclic amines) is 1. The summed E-state index contributed by atoms with van der Waals surface area (Å²) < 4.78 is 5.56. The maximum atomic E-state index is 12.8. The monoisotopic (exact) mass is 394 g/mol. The van der Waals surface area contributed by atoms with Gasteiger partial charge in [0.25, 0.3) is 5.91 Å². The number of amides is 2. The van der Waals surface area contributed by atoms with Gasteiger partial charge in [-0.1, -0.05) is 0 Å². The van der Waals surface area contributed by atoms with E-state index in [0.29, 0.717) is 30.5 Å². The Morgan fingerprint density at radius 3 is 3.04 bits per heavy atom. The SMILES string of the molecule is CCOC(C)c1ncc(C(=O)N2CCCC(CNC(=O)C3CCCN3)C2)s1. The molecular weight excluding hydrogens is 364 g/mol. The minimum Gasteiger partial charge on any atom is -0.372 e. The molecule has 0 aromatic carbocycles. The lowest BCUT2D eigenvalue weighted by Gasteiger charge is -2.32. The quantitative estimate of drug-likeness (QED) is 0.739. The third-order valence-electron chi connectivity index (χ3n) is 5.25.